The first-order chi connectivity index (χ1) is 5.41. The average Bonchev–Trinajstić information content (AvgIpc) is 2.03. The Balaban J connectivity index is 2.74. The fourth-order valence-electron chi connectivity index (χ4n) is 0.479. The molecule has 0 spiro atoms. The van der Waals surface area contributed by atoms with E-state index in [0.29, 0.717) is 26.4 Å². The summed E-state index contributed by atoms with van der Waals surface area (Å²) in [5.74, 6) is 0. The van der Waals surface area contributed by atoms with Crippen LogP contribution < -0.4 is 0 Å². The van der Waals surface area contributed by atoms with E-state index in [1.807, 2.05) is 0 Å². The fourth-order valence-corrected chi connectivity index (χ4v) is 0.479. The number of ether oxygens (including phenoxy) is 3. The van der Waals surface area contributed by atoms with Gasteiger partial charge in [0.25, 0.3) is 0 Å². The summed E-state index contributed by atoms with van der Waals surface area (Å²) in [4.78, 5) is 3.27. The molecule has 0 heterocycles. The van der Waals surface area contributed by atoms with Gasteiger partial charge in [0.05, 0.1) is 0 Å². The maximum absolute atomic E-state index is 5.09. The van der Waals surface area contributed by atoms with Crippen LogP contribution in [0.4, 0.5) is 0 Å². The molecule has 0 N–H and O–H groups in total. The predicted octanol–water partition coefficient (Wildman–Crippen LogP) is -0.0244. The van der Waals surface area contributed by atoms with Gasteiger partial charge in [-0.05, 0) is 0 Å². The third-order valence-electron chi connectivity index (χ3n) is 0.970. The van der Waals surface area contributed by atoms with Crippen LogP contribution in [0, 0.1) is 0 Å². The zero-order valence-electron chi connectivity index (χ0n) is 6.78. The van der Waals surface area contributed by atoms with Crippen LogP contribution in [0.25, 0.3) is 0 Å². The van der Waals surface area contributed by atoms with Crippen molar-refractivity contribution in [2.45, 2.75) is 0 Å². The first kappa shape index (κ1) is 10.7. The Morgan fingerprint density at radius 2 is 1.73 bits per heavy atom. The van der Waals surface area contributed by atoms with Gasteiger partial charge >= 0.3 is 67.0 Å². The van der Waals surface area contributed by atoms with Gasteiger partial charge in [-0.25, -0.2) is 0 Å². The minimum absolute atomic E-state index is 0.230. The Kier molecular flexibility index (Phi) is 9.52. The van der Waals surface area contributed by atoms with E-state index in [4.69, 9.17) is 21.8 Å². The summed E-state index contributed by atoms with van der Waals surface area (Å²) in [6.45, 7) is 2.51. The van der Waals surface area contributed by atoms with Gasteiger partial charge in [0.15, 0.2) is 0 Å². The summed E-state index contributed by atoms with van der Waals surface area (Å²) in [6, 6.07) is 0. The van der Waals surface area contributed by atoms with Crippen molar-refractivity contribution in [3.63, 3.8) is 0 Å². The Bertz CT molecular complexity index is 91.9. The van der Waals surface area contributed by atoms with Crippen LogP contribution in [0.15, 0.2) is 4.90 Å². The van der Waals surface area contributed by atoms with Crippen LogP contribution in [0.5, 0.6) is 0 Å². The van der Waals surface area contributed by atoms with Gasteiger partial charge in [-0.15, -0.1) is 0 Å². The zero-order chi connectivity index (χ0) is 8.36. The average molecular weight is 158 g/mol. The normalized spacial score (nSPS) is 9.82. The first-order valence-electron chi connectivity index (χ1n) is 3.43. The predicted molar refractivity (Wildman–Crippen MR) is 41.7 cm³/mol. The molecule has 0 aliphatic carbocycles. The molecule has 0 aromatic heterocycles. The third-order valence-corrected chi connectivity index (χ3v) is 0.970. The van der Waals surface area contributed by atoms with E-state index in [0.717, 1.165) is 0 Å². The fraction of sp³-hybridized carbons (Fsp3) is 1.00. The van der Waals surface area contributed by atoms with Crippen LogP contribution in [-0.4, -0.2) is 47.9 Å². The summed E-state index contributed by atoms with van der Waals surface area (Å²) >= 11 is 0. The van der Waals surface area contributed by atoms with Crippen molar-refractivity contribution in [3.05, 3.63) is 0 Å². The van der Waals surface area contributed by atoms with Crippen molar-refractivity contribution in [2.75, 3.05) is 40.3 Å². The molecule has 0 aromatic carbocycles. The van der Waals surface area contributed by atoms with Crippen molar-refractivity contribution in [3.8, 4) is 0 Å². The molecule has 0 unspecified atom stereocenters. The van der Waals surface area contributed by atoms with Crippen molar-refractivity contribution >= 4 is 7.64 Å². The first-order valence-corrected chi connectivity index (χ1v) is 3.43. The van der Waals surface area contributed by atoms with Gasteiger partial charge in [0.1, 0.15) is 0 Å². The summed E-state index contributed by atoms with van der Waals surface area (Å²) in [5, 5.41) is 0. The molecular weight excluding hydrogens is 145 g/mol. The third kappa shape index (κ3) is 9.74. The second-order valence-electron chi connectivity index (χ2n) is 1.83. The molecule has 0 aliphatic heterocycles. The van der Waals surface area contributed by atoms with E-state index in [1.54, 1.807) is 7.11 Å². The van der Waals surface area contributed by atoms with E-state index in [9.17, 15) is 0 Å². The Hall–Kier alpha value is -0.255. The SMILES string of the molecule is [B]=NCOCCOCCOC. The number of rotatable bonds is 8. The van der Waals surface area contributed by atoms with Crippen LogP contribution in [0.2, 0.25) is 0 Å². The molecule has 5 heteroatoms. The van der Waals surface area contributed by atoms with E-state index < -0.39 is 0 Å². The number of methoxy groups -OCH3 is 1. The molecule has 1 radical (unpaired) electrons. The standard InChI is InChI=1S/C6H13BNO3/c1-9-2-3-10-4-5-11-6-8-7/h2-6H2,1H3. The summed E-state index contributed by atoms with van der Waals surface area (Å²) in [7, 11) is 6.46. The molecule has 0 atom stereocenters. The van der Waals surface area contributed by atoms with Crippen molar-refractivity contribution in [1.29, 1.82) is 0 Å². The van der Waals surface area contributed by atoms with Gasteiger partial charge in [0.2, 0.25) is 0 Å². The zero-order valence-corrected chi connectivity index (χ0v) is 6.78. The number of nitrogens with zero attached hydrogens (tertiary/aromatic N) is 1. The monoisotopic (exact) mass is 158 g/mol. The molecule has 0 aliphatic rings. The quantitative estimate of drug-likeness (QED) is 0.368. The molecule has 0 rings (SSSR count). The Labute approximate surface area is 68.0 Å². The second-order valence-corrected chi connectivity index (χ2v) is 1.83. The summed E-state index contributed by atoms with van der Waals surface area (Å²) in [5.41, 5.74) is 0. The van der Waals surface area contributed by atoms with Crippen molar-refractivity contribution in [1.82, 2.24) is 0 Å². The molecule has 4 nitrogen and oxygen atoms in total. The summed E-state index contributed by atoms with van der Waals surface area (Å²) in [6.07, 6.45) is 0. The van der Waals surface area contributed by atoms with Crippen molar-refractivity contribution in [2.24, 2.45) is 4.90 Å². The molecule has 0 fully saturated rings. The molecular formula is C6H13BNO3. The van der Waals surface area contributed by atoms with Crippen LogP contribution in [0.3, 0.4) is 0 Å². The molecule has 11 heavy (non-hydrogen) atoms. The van der Waals surface area contributed by atoms with Crippen LogP contribution in [-0.2, 0) is 14.2 Å². The van der Waals surface area contributed by atoms with Gasteiger partial charge in [0, 0.05) is 0 Å². The Morgan fingerprint density at radius 1 is 1.09 bits per heavy atom. The topological polar surface area (TPSA) is 40.0 Å². The molecule has 0 bridgehead atoms. The minimum atomic E-state index is 0.230. The summed E-state index contributed by atoms with van der Waals surface area (Å²) < 4.78 is 14.8. The number of hydrogen-bond donors (Lipinski definition) is 0. The molecule has 0 saturated heterocycles. The van der Waals surface area contributed by atoms with E-state index in [1.165, 1.54) is 0 Å². The molecule has 0 saturated carbocycles. The van der Waals surface area contributed by atoms with Crippen LogP contribution in [0.1, 0.15) is 0 Å². The van der Waals surface area contributed by atoms with E-state index in [-0.39, 0.29) is 6.73 Å². The van der Waals surface area contributed by atoms with Crippen molar-refractivity contribution < 1.29 is 14.2 Å². The maximum atomic E-state index is 5.09. The van der Waals surface area contributed by atoms with Crippen LogP contribution >= 0.6 is 0 Å². The van der Waals surface area contributed by atoms with Gasteiger partial charge in [-0.1, -0.05) is 0 Å². The van der Waals surface area contributed by atoms with E-state index >= 15 is 0 Å². The van der Waals surface area contributed by atoms with E-state index in [2.05, 4.69) is 4.90 Å². The Morgan fingerprint density at radius 3 is 2.36 bits per heavy atom. The second kappa shape index (κ2) is 9.74. The molecule has 63 valence electrons. The molecule has 0 aromatic rings. The molecule has 0 amide bonds. The van der Waals surface area contributed by atoms with Gasteiger partial charge in [-0.3, -0.25) is 0 Å². The number of hydrogen-bond acceptors (Lipinski definition) is 4. The van der Waals surface area contributed by atoms with Gasteiger partial charge in [-0.2, -0.15) is 0 Å². The van der Waals surface area contributed by atoms with Gasteiger partial charge < -0.3 is 0 Å².